The van der Waals surface area contributed by atoms with Crippen molar-refractivity contribution in [1.82, 2.24) is 16.0 Å². The van der Waals surface area contributed by atoms with Gasteiger partial charge in [0.25, 0.3) is 5.91 Å². The van der Waals surface area contributed by atoms with E-state index in [0.29, 0.717) is 42.6 Å². The smallest absolute Gasteiger partial charge is 0.358 e. The molecule has 246 valence electrons. The van der Waals surface area contributed by atoms with Gasteiger partial charge in [-0.2, -0.15) is 13.2 Å². The predicted octanol–water partition coefficient (Wildman–Crippen LogP) is 7.25. The lowest BCUT2D eigenvalue weighted by Gasteiger charge is -2.30. The third-order valence-electron chi connectivity index (χ3n) is 9.13. The lowest BCUT2D eigenvalue weighted by molar-refractivity contribution is -0.125. The zero-order chi connectivity index (χ0) is 33.4. The minimum Gasteiger partial charge on any atom is -0.358 e. The second-order valence-corrected chi connectivity index (χ2v) is 12.0. The van der Waals surface area contributed by atoms with E-state index in [2.05, 4.69) is 28.1 Å². The molecule has 0 saturated heterocycles. The number of nitrogens with one attached hydrogen (secondary N) is 3. The van der Waals surface area contributed by atoms with Crippen molar-refractivity contribution < 1.29 is 27.6 Å². The van der Waals surface area contributed by atoms with E-state index in [0.717, 1.165) is 47.6 Å². The normalized spacial score (nSPS) is 14.7. The Labute approximate surface area is 273 Å². The van der Waals surface area contributed by atoms with Gasteiger partial charge < -0.3 is 16.0 Å². The summed E-state index contributed by atoms with van der Waals surface area (Å²) in [5, 5.41) is 8.68. The van der Waals surface area contributed by atoms with E-state index in [4.69, 9.17) is 0 Å². The number of hydrogen-bond acceptors (Lipinski definition) is 3. The van der Waals surface area contributed by atoms with Crippen molar-refractivity contribution in [3.8, 4) is 11.1 Å². The third kappa shape index (κ3) is 7.34. The Bertz CT molecular complexity index is 1650. The summed E-state index contributed by atoms with van der Waals surface area (Å²) >= 11 is 0. The lowest BCUT2D eigenvalue weighted by atomic mass is 9.73. The summed E-state index contributed by atoms with van der Waals surface area (Å²) in [4.78, 5) is 38.8. The molecule has 9 heteroatoms. The van der Waals surface area contributed by atoms with Crippen molar-refractivity contribution in [1.29, 1.82) is 0 Å². The molecule has 2 aliphatic carbocycles. The summed E-state index contributed by atoms with van der Waals surface area (Å²) in [7, 11) is 1.68. The molecule has 0 unspecified atom stereocenters. The highest BCUT2D eigenvalue weighted by atomic mass is 19.4. The van der Waals surface area contributed by atoms with Crippen molar-refractivity contribution in [3.63, 3.8) is 0 Å². The second kappa shape index (κ2) is 14.8. The Morgan fingerprint density at radius 1 is 0.723 bits per heavy atom. The number of allylic oxidation sites excluding steroid dienone is 4. The van der Waals surface area contributed by atoms with Gasteiger partial charge in [0.1, 0.15) is 5.41 Å². The standard InChI is InChI=1S/C38H40F3N3O3/c1-42-36(47)37(32-16-7-5-13-29(32)30-14-6-8-17-33(30)37)23-9-2-10-24-43-34(45)18-11-25-44-35(46)31-15-4-3-12-28(31)26-19-21-27(22-20-26)38(39,40)41/h3-8,12-17,19,21H,2,9-11,18,20,22-25H2,1H3,(H,42,47)(H,43,45)(H,44,46). The van der Waals surface area contributed by atoms with Crippen LogP contribution in [-0.4, -0.2) is 44.0 Å². The van der Waals surface area contributed by atoms with E-state index < -0.39 is 17.2 Å². The number of likely N-dealkylation sites (N-methyl/N-ethyl adjacent to an activating group) is 1. The molecule has 2 aliphatic rings. The fraction of sp³-hybridized carbons (Fsp3) is 0.342. The van der Waals surface area contributed by atoms with E-state index in [1.54, 1.807) is 31.3 Å². The van der Waals surface area contributed by atoms with Crippen molar-refractivity contribution in [2.24, 2.45) is 0 Å². The van der Waals surface area contributed by atoms with Gasteiger partial charge in [-0.3, -0.25) is 14.4 Å². The summed E-state index contributed by atoms with van der Waals surface area (Å²) in [5.74, 6) is -0.434. The first-order valence-electron chi connectivity index (χ1n) is 16.2. The number of carbonyl (C=O) groups is 3. The van der Waals surface area contributed by atoms with Crippen LogP contribution in [0.5, 0.6) is 0 Å². The SMILES string of the molecule is CNC(=O)C1(CCCCCNC(=O)CCCNC(=O)c2ccccc2C2=CC=C(C(F)(F)F)CC2)c2ccccc2-c2ccccc21. The fourth-order valence-corrected chi connectivity index (χ4v) is 6.78. The van der Waals surface area contributed by atoms with Gasteiger partial charge in [0.2, 0.25) is 11.8 Å². The minimum atomic E-state index is -4.35. The maximum Gasteiger partial charge on any atom is 0.412 e. The first kappa shape index (κ1) is 33.7. The van der Waals surface area contributed by atoms with Crippen LogP contribution in [0.15, 0.2) is 90.5 Å². The first-order valence-corrected chi connectivity index (χ1v) is 16.2. The van der Waals surface area contributed by atoms with E-state index >= 15 is 0 Å². The summed E-state index contributed by atoms with van der Waals surface area (Å²) < 4.78 is 39.0. The van der Waals surface area contributed by atoms with Crippen molar-refractivity contribution in [2.45, 2.75) is 63.0 Å². The van der Waals surface area contributed by atoms with Gasteiger partial charge in [-0.05, 0) is 71.6 Å². The molecule has 3 amide bonds. The second-order valence-electron chi connectivity index (χ2n) is 12.0. The molecular formula is C38H40F3N3O3. The summed E-state index contributed by atoms with van der Waals surface area (Å²) in [6, 6.07) is 23.1. The maximum absolute atomic E-state index is 13.4. The average Bonchev–Trinajstić information content (AvgIpc) is 3.38. The van der Waals surface area contributed by atoms with Crippen LogP contribution in [0.1, 0.15) is 78.4 Å². The van der Waals surface area contributed by atoms with Gasteiger partial charge in [0, 0.05) is 37.7 Å². The Morgan fingerprint density at radius 3 is 1.96 bits per heavy atom. The minimum absolute atomic E-state index is 0.0125. The van der Waals surface area contributed by atoms with E-state index in [9.17, 15) is 27.6 Å². The molecule has 0 atom stereocenters. The van der Waals surface area contributed by atoms with Crippen molar-refractivity contribution in [3.05, 3.63) is 113 Å². The van der Waals surface area contributed by atoms with Gasteiger partial charge in [0.05, 0.1) is 0 Å². The monoisotopic (exact) mass is 643 g/mol. The molecule has 0 aliphatic heterocycles. The summed E-state index contributed by atoms with van der Waals surface area (Å²) in [6.07, 6.45) is 2.07. The van der Waals surface area contributed by atoms with Crippen molar-refractivity contribution in [2.75, 3.05) is 20.1 Å². The van der Waals surface area contributed by atoms with Crippen LogP contribution in [0.2, 0.25) is 0 Å². The molecular weight excluding hydrogens is 603 g/mol. The van der Waals surface area contributed by atoms with E-state index in [-0.39, 0.29) is 37.0 Å². The van der Waals surface area contributed by atoms with Crippen LogP contribution in [0.3, 0.4) is 0 Å². The van der Waals surface area contributed by atoms with Crippen LogP contribution in [0.4, 0.5) is 13.2 Å². The van der Waals surface area contributed by atoms with Gasteiger partial charge >= 0.3 is 6.18 Å². The highest BCUT2D eigenvalue weighted by molar-refractivity contribution is 6.01. The van der Waals surface area contributed by atoms with Crippen LogP contribution in [-0.2, 0) is 15.0 Å². The number of carbonyl (C=O) groups excluding carboxylic acids is 3. The molecule has 0 saturated carbocycles. The predicted molar refractivity (Wildman–Crippen MR) is 178 cm³/mol. The fourth-order valence-electron chi connectivity index (χ4n) is 6.78. The Hall–Kier alpha value is -4.66. The average molecular weight is 644 g/mol. The van der Waals surface area contributed by atoms with Gasteiger partial charge in [-0.1, -0.05) is 91.7 Å². The van der Waals surface area contributed by atoms with Gasteiger partial charge in [-0.15, -0.1) is 0 Å². The quantitative estimate of drug-likeness (QED) is 0.172. The molecule has 3 aromatic rings. The topological polar surface area (TPSA) is 87.3 Å². The molecule has 0 heterocycles. The van der Waals surface area contributed by atoms with E-state index in [1.807, 2.05) is 36.4 Å². The largest absolute Gasteiger partial charge is 0.412 e. The highest BCUT2D eigenvalue weighted by Gasteiger charge is 2.47. The number of alkyl halides is 3. The van der Waals surface area contributed by atoms with Crippen LogP contribution in [0, 0.1) is 0 Å². The van der Waals surface area contributed by atoms with Crippen LogP contribution < -0.4 is 16.0 Å². The number of halogens is 3. The lowest BCUT2D eigenvalue weighted by Crippen LogP contribution is -2.42. The molecule has 0 aromatic heterocycles. The molecule has 0 fully saturated rings. The van der Waals surface area contributed by atoms with E-state index in [1.165, 1.54) is 6.08 Å². The summed E-state index contributed by atoms with van der Waals surface area (Å²) in [6.45, 7) is 0.820. The summed E-state index contributed by atoms with van der Waals surface area (Å²) in [5.41, 5.74) is 4.65. The maximum atomic E-state index is 13.4. The molecule has 0 bridgehead atoms. The van der Waals surface area contributed by atoms with Gasteiger partial charge in [-0.25, -0.2) is 0 Å². The number of benzene rings is 3. The molecule has 47 heavy (non-hydrogen) atoms. The zero-order valence-corrected chi connectivity index (χ0v) is 26.5. The number of amides is 3. The molecule has 5 rings (SSSR count). The highest BCUT2D eigenvalue weighted by Crippen LogP contribution is 2.51. The number of rotatable bonds is 13. The van der Waals surface area contributed by atoms with Gasteiger partial charge in [0.15, 0.2) is 0 Å². The Kier molecular flexibility index (Phi) is 10.6. The molecule has 3 aromatic carbocycles. The van der Waals surface area contributed by atoms with Crippen LogP contribution in [0.25, 0.3) is 16.7 Å². The molecule has 3 N–H and O–H groups in total. The molecule has 0 spiro atoms. The first-order chi connectivity index (χ1) is 22.7. The number of unbranched alkanes of at least 4 members (excludes halogenated alkanes) is 2. The third-order valence-corrected chi connectivity index (χ3v) is 9.13. The number of hydrogen-bond donors (Lipinski definition) is 3. The molecule has 0 radical (unpaired) electrons. The Morgan fingerprint density at radius 2 is 1.34 bits per heavy atom. The zero-order valence-electron chi connectivity index (χ0n) is 26.5. The Balaban J connectivity index is 1.05. The number of fused-ring (bicyclic) bond motifs is 3. The van der Waals surface area contributed by atoms with Crippen molar-refractivity contribution >= 4 is 23.3 Å². The molecule has 6 nitrogen and oxygen atoms in total. The van der Waals surface area contributed by atoms with Crippen LogP contribution >= 0.6 is 0 Å².